The zero-order valence-corrected chi connectivity index (χ0v) is 12.7. The van der Waals surface area contributed by atoms with Crippen molar-refractivity contribution in [3.63, 3.8) is 0 Å². The normalized spacial score (nSPS) is 13.3. The smallest absolute Gasteiger partial charge is 0.240 e. The van der Waals surface area contributed by atoms with Gasteiger partial charge in [-0.15, -0.1) is 0 Å². The number of hydrogen-bond donors (Lipinski definition) is 0. The molecular formula is C17H24N2O. The summed E-state index contributed by atoms with van der Waals surface area (Å²) in [5, 5.41) is 9.30. The molecule has 0 spiro atoms. The first-order chi connectivity index (χ1) is 9.62. The monoisotopic (exact) mass is 272 g/mol. The summed E-state index contributed by atoms with van der Waals surface area (Å²) in [6.45, 7) is 7.62. The zero-order valence-electron chi connectivity index (χ0n) is 12.7. The van der Waals surface area contributed by atoms with Gasteiger partial charge in [0.2, 0.25) is 5.91 Å². The van der Waals surface area contributed by atoms with Crippen LogP contribution in [0.25, 0.3) is 0 Å². The highest BCUT2D eigenvalue weighted by atomic mass is 16.2. The van der Waals surface area contributed by atoms with E-state index in [0.717, 1.165) is 18.5 Å². The predicted molar refractivity (Wildman–Crippen MR) is 81.0 cm³/mol. The van der Waals surface area contributed by atoms with E-state index >= 15 is 0 Å². The van der Waals surface area contributed by atoms with Gasteiger partial charge in [0, 0.05) is 13.1 Å². The quantitative estimate of drug-likeness (QED) is 0.764. The van der Waals surface area contributed by atoms with E-state index in [4.69, 9.17) is 0 Å². The lowest BCUT2D eigenvalue weighted by Crippen LogP contribution is -2.39. The van der Waals surface area contributed by atoms with E-state index in [1.54, 1.807) is 0 Å². The van der Waals surface area contributed by atoms with E-state index < -0.39 is 5.92 Å². The van der Waals surface area contributed by atoms with Gasteiger partial charge < -0.3 is 4.90 Å². The molecule has 3 heteroatoms. The molecule has 3 nitrogen and oxygen atoms in total. The average Bonchev–Trinajstić information content (AvgIpc) is 2.50. The molecule has 0 saturated carbocycles. The third-order valence-electron chi connectivity index (χ3n) is 3.66. The first-order valence-corrected chi connectivity index (χ1v) is 7.34. The van der Waals surface area contributed by atoms with E-state index in [9.17, 15) is 10.1 Å². The molecular weight excluding hydrogens is 248 g/mol. The van der Waals surface area contributed by atoms with Gasteiger partial charge in [-0.2, -0.15) is 5.26 Å². The van der Waals surface area contributed by atoms with Crippen LogP contribution in [0.2, 0.25) is 0 Å². The Morgan fingerprint density at radius 1 is 1.30 bits per heavy atom. The Morgan fingerprint density at radius 3 is 2.45 bits per heavy atom. The van der Waals surface area contributed by atoms with Crippen molar-refractivity contribution in [1.29, 1.82) is 5.26 Å². The van der Waals surface area contributed by atoms with Crippen molar-refractivity contribution < 1.29 is 4.79 Å². The van der Waals surface area contributed by atoms with Crippen LogP contribution in [0.1, 0.15) is 32.8 Å². The van der Waals surface area contributed by atoms with Crippen LogP contribution in [-0.4, -0.2) is 23.9 Å². The molecule has 0 bridgehead atoms. The molecule has 108 valence electrons. The summed E-state index contributed by atoms with van der Waals surface area (Å²) >= 11 is 0. The second-order valence-corrected chi connectivity index (χ2v) is 5.26. The van der Waals surface area contributed by atoms with E-state index in [-0.39, 0.29) is 5.91 Å². The molecule has 1 aromatic carbocycles. The minimum Gasteiger partial charge on any atom is -0.342 e. The maximum absolute atomic E-state index is 12.5. The van der Waals surface area contributed by atoms with Gasteiger partial charge in [-0.25, -0.2) is 0 Å². The first-order valence-electron chi connectivity index (χ1n) is 7.34. The summed E-state index contributed by atoms with van der Waals surface area (Å²) < 4.78 is 0. The number of carbonyl (C=O) groups is 1. The molecule has 0 saturated heterocycles. The van der Waals surface area contributed by atoms with Crippen molar-refractivity contribution >= 4 is 5.91 Å². The number of amides is 1. The summed E-state index contributed by atoms with van der Waals surface area (Å²) in [5.41, 5.74) is 1.03. The van der Waals surface area contributed by atoms with Crippen LogP contribution >= 0.6 is 0 Å². The number of nitriles is 1. The van der Waals surface area contributed by atoms with Crippen LogP contribution in [0.3, 0.4) is 0 Å². The van der Waals surface area contributed by atoms with Crippen molar-refractivity contribution in [2.24, 2.45) is 11.8 Å². The van der Waals surface area contributed by atoms with Gasteiger partial charge in [0.1, 0.15) is 5.92 Å². The van der Waals surface area contributed by atoms with Crippen molar-refractivity contribution in [2.75, 3.05) is 13.1 Å². The Bertz CT molecular complexity index is 450. The predicted octanol–water partition coefficient (Wildman–Crippen LogP) is 3.26. The standard InChI is InChI=1S/C17H24N2O/c1-4-14(3)13-19(5-2)17(20)16(12-18)11-15-9-7-6-8-10-15/h6-10,14,16H,4-5,11,13H2,1-3H3. The molecule has 0 N–H and O–H groups in total. The molecule has 0 radical (unpaired) electrons. The highest BCUT2D eigenvalue weighted by Gasteiger charge is 2.24. The fourth-order valence-corrected chi connectivity index (χ4v) is 2.14. The third-order valence-corrected chi connectivity index (χ3v) is 3.66. The minimum atomic E-state index is -0.582. The number of hydrogen-bond acceptors (Lipinski definition) is 2. The lowest BCUT2D eigenvalue weighted by atomic mass is 9.98. The fraction of sp³-hybridized carbons (Fsp3) is 0.529. The Kier molecular flexibility index (Phi) is 6.79. The molecule has 0 heterocycles. The maximum Gasteiger partial charge on any atom is 0.240 e. The highest BCUT2D eigenvalue weighted by Crippen LogP contribution is 2.13. The molecule has 2 unspecified atom stereocenters. The van der Waals surface area contributed by atoms with Gasteiger partial charge >= 0.3 is 0 Å². The molecule has 2 atom stereocenters. The summed E-state index contributed by atoms with van der Waals surface area (Å²) in [6, 6.07) is 11.9. The first kappa shape index (κ1) is 16.2. The molecule has 1 aromatic rings. The molecule has 0 aliphatic rings. The highest BCUT2D eigenvalue weighted by molar-refractivity contribution is 5.81. The number of rotatable bonds is 7. The Balaban J connectivity index is 2.73. The van der Waals surface area contributed by atoms with E-state index in [2.05, 4.69) is 19.9 Å². The molecule has 0 aliphatic carbocycles. The minimum absolute atomic E-state index is 0.0425. The lowest BCUT2D eigenvalue weighted by Gasteiger charge is -2.26. The van der Waals surface area contributed by atoms with Crippen LogP contribution < -0.4 is 0 Å². The zero-order chi connectivity index (χ0) is 15.0. The lowest BCUT2D eigenvalue weighted by molar-refractivity contribution is -0.134. The number of benzene rings is 1. The van der Waals surface area contributed by atoms with Gasteiger partial charge in [-0.3, -0.25) is 4.79 Å². The molecule has 1 amide bonds. The largest absolute Gasteiger partial charge is 0.342 e. The molecule has 20 heavy (non-hydrogen) atoms. The van der Waals surface area contributed by atoms with Crippen molar-refractivity contribution in [1.82, 2.24) is 4.90 Å². The summed E-state index contributed by atoms with van der Waals surface area (Å²) in [5.74, 6) is -0.157. The molecule has 0 aromatic heterocycles. The number of nitrogens with zero attached hydrogens (tertiary/aromatic N) is 2. The Labute approximate surface area is 122 Å². The van der Waals surface area contributed by atoms with Gasteiger partial charge in [0.05, 0.1) is 6.07 Å². The van der Waals surface area contributed by atoms with Gasteiger partial charge in [0.15, 0.2) is 0 Å². The Hall–Kier alpha value is -1.82. The van der Waals surface area contributed by atoms with E-state index in [1.807, 2.05) is 42.2 Å². The second-order valence-electron chi connectivity index (χ2n) is 5.26. The van der Waals surface area contributed by atoms with Gasteiger partial charge in [-0.05, 0) is 24.8 Å². The summed E-state index contributed by atoms with van der Waals surface area (Å²) in [4.78, 5) is 14.3. The third kappa shape index (κ3) is 4.70. The van der Waals surface area contributed by atoms with Crippen molar-refractivity contribution in [3.05, 3.63) is 35.9 Å². The summed E-state index contributed by atoms with van der Waals surface area (Å²) in [7, 11) is 0. The maximum atomic E-state index is 12.5. The van der Waals surface area contributed by atoms with Gasteiger partial charge in [-0.1, -0.05) is 50.6 Å². The van der Waals surface area contributed by atoms with Crippen molar-refractivity contribution in [3.8, 4) is 6.07 Å². The summed E-state index contributed by atoms with van der Waals surface area (Å²) in [6.07, 6.45) is 1.53. The van der Waals surface area contributed by atoms with Crippen molar-refractivity contribution in [2.45, 2.75) is 33.6 Å². The molecule has 0 aliphatic heterocycles. The van der Waals surface area contributed by atoms with Crippen LogP contribution in [-0.2, 0) is 11.2 Å². The molecule has 0 fully saturated rings. The fourth-order valence-electron chi connectivity index (χ4n) is 2.14. The number of carbonyl (C=O) groups excluding carboxylic acids is 1. The molecule has 1 rings (SSSR count). The second kappa shape index (κ2) is 8.37. The SMILES string of the molecule is CCC(C)CN(CC)C(=O)C(C#N)Cc1ccccc1. The van der Waals surface area contributed by atoms with E-state index in [1.165, 1.54) is 0 Å². The average molecular weight is 272 g/mol. The van der Waals surface area contributed by atoms with E-state index in [0.29, 0.717) is 18.9 Å². The van der Waals surface area contributed by atoms with Gasteiger partial charge in [0.25, 0.3) is 0 Å². The van der Waals surface area contributed by atoms with Crippen LogP contribution in [0.4, 0.5) is 0 Å². The van der Waals surface area contributed by atoms with Crippen LogP contribution in [0, 0.1) is 23.2 Å². The van der Waals surface area contributed by atoms with Crippen LogP contribution in [0.15, 0.2) is 30.3 Å². The Morgan fingerprint density at radius 2 is 1.95 bits per heavy atom. The van der Waals surface area contributed by atoms with Crippen LogP contribution in [0.5, 0.6) is 0 Å². The topological polar surface area (TPSA) is 44.1 Å².